The van der Waals surface area contributed by atoms with Gasteiger partial charge in [0.2, 0.25) is 17.8 Å². The van der Waals surface area contributed by atoms with E-state index in [9.17, 15) is 28.8 Å². The van der Waals surface area contributed by atoms with Crippen molar-refractivity contribution in [2.45, 2.75) is 272 Å². The SMILES string of the molecule is CCCCCCCCC(CCCCCC)C(=O)OCCCCCCCC(=O)N[C@@H](CCN=C(NC(=O)OCc1ccccc1)NC(=O)OCc1ccccc1)C(=O)NCCCCCCOC(=O)C(CCCCCC)CCCCCCCC. The van der Waals surface area contributed by atoms with Crippen molar-refractivity contribution in [3.05, 3.63) is 71.8 Å². The minimum Gasteiger partial charge on any atom is -0.465 e. The summed E-state index contributed by atoms with van der Waals surface area (Å²) in [4.78, 5) is 83.8. The Hall–Kier alpha value is -5.47. The van der Waals surface area contributed by atoms with Crippen molar-refractivity contribution in [2.24, 2.45) is 16.8 Å². The quantitative estimate of drug-likeness (QED) is 0.0162. The summed E-state index contributed by atoms with van der Waals surface area (Å²) < 4.78 is 22.4. The van der Waals surface area contributed by atoms with Crippen LogP contribution >= 0.6 is 0 Å². The van der Waals surface area contributed by atoms with Crippen LogP contribution < -0.4 is 21.3 Å². The number of esters is 2. The Morgan fingerprint density at radius 2 is 0.805 bits per heavy atom. The van der Waals surface area contributed by atoms with Crippen LogP contribution in [0.15, 0.2) is 65.7 Å². The van der Waals surface area contributed by atoms with E-state index in [2.05, 4.69) is 54.0 Å². The van der Waals surface area contributed by atoms with Crippen LogP contribution in [0.1, 0.15) is 264 Å². The van der Waals surface area contributed by atoms with E-state index in [1.54, 1.807) is 0 Å². The fraction of sp³-hybridized carbons (Fsp3) is 0.716. The van der Waals surface area contributed by atoms with E-state index in [1.165, 1.54) is 77.0 Å². The molecule has 0 saturated carbocycles. The standard InChI is InChI=1S/C67H111N5O10/c1-5-9-13-17-20-34-46-58(44-32-15-11-7-3)63(75)79-52-38-24-19-22-36-48-61(73)70-60(62(74)68-50-37-23-25-39-53-80-64(76)59(45-33-16-12-8-4)47-35-21-18-14-10-6-2)49-51-69-65(71-66(77)81-54-56-40-28-26-29-41-56)72-67(78)82-55-57-42-30-27-31-43-57/h26-31,40-43,58-60H,5-25,32-39,44-55H2,1-4H3,(H,68,74)(H,70,73)(H2,69,71,72,77,78)/t58?,59?,60-/m0/s1. The molecular formula is C67H111N5O10. The molecule has 464 valence electrons. The molecule has 0 aromatic heterocycles. The topological polar surface area (TPSA) is 200 Å². The van der Waals surface area contributed by atoms with Crippen molar-refractivity contribution >= 4 is 41.9 Å². The molecule has 4 amide bonds. The van der Waals surface area contributed by atoms with Crippen molar-refractivity contribution in [3.8, 4) is 0 Å². The number of rotatable bonds is 50. The smallest absolute Gasteiger partial charge is 0.414 e. The number of ether oxygens (including phenoxy) is 4. The lowest BCUT2D eigenvalue weighted by atomic mass is 9.94. The fourth-order valence-corrected chi connectivity index (χ4v) is 9.81. The molecule has 0 aliphatic carbocycles. The molecule has 0 bridgehead atoms. The van der Waals surface area contributed by atoms with Crippen molar-refractivity contribution in [1.82, 2.24) is 21.3 Å². The minimum absolute atomic E-state index is 0.0191. The van der Waals surface area contributed by atoms with Crippen LogP contribution in [0.5, 0.6) is 0 Å². The predicted molar refractivity (Wildman–Crippen MR) is 330 cm³/mol. The number of nitrogens with one attached hydrogen (secondary N) is 4. The molecule has 0 aliphatic rings. The molecular weight excluding hydrogens is 1030 g/mol. The van der Waals surface area contributed by atoms with Crippen LogP contribution in [0, 0.1) is 11.8 Å². The molecule has 82 heavy (non-hydrogen) atoms. The molecule has 15 nitrogen and oxygen atoms in total. The summed E-state index contributed by atoms with van der Waals surface area (Å²) in [7, 11) is 0. The first-order valence-electron chi connectivity index (χ1n) is 32.5. The maximum Gasteiger partial charge on any atom is 0.414 e. The summed E-state index contributed by atoms with van der Waals surface area (Å²) >= 11 is 0. The molecule has 0 spiro atoms. The summed E-state index contributed by atoms with van der Waals surface area (Å²) in [5.41, 5.74) is 1.53. The van der Waals surface area contributed by atoms with Gasteiger partial charge in [0.05, 0.1) is 25.0 Å². The average Bonchev–Trinajstić information content (AvgIpc) is 3.48. The lowest BCUT2D eigenvalue weighted by Gasteiger charge is -2.18. The highest BCUT2D eigenvalue weighted by Crippen LogP contribution is 2.23. The number of benzene rings is 2. The number of nitrogens with zero attached hydrogens (tertiary/aromatic N) is 1. The van der Waals surface area contributed by atoms with Gasteiger partial charge in [0, 0.05) is 19.5 Å². The van der Waals surface area contributed by atoms with Crippen molar-refractivity contribution < 1.29 is 47.7 Å². The summed E-state index contributed by atoms with van der Waals surface area (Å²) in [6.45, 7) is 9.92. The number of amides is 4. The van der Waals surface area contributed by atoms with Crippen LogP contribution in [0.4, 0.5) is 9.59 Å². The maximum absolute atomic E-state index is 13.8. The van der Waals surface area contributed by atoms with Gasteiger partial charge >= 0.3 is 24.1 Å². The predicted octanol–water partition coefficient (Wildman–Crippen LogP) is 15.8. The molecule has 2 rings (SSSR count). The first-order chi connectivity index (χ1) is 40.1. The third-order valence-electron chi connectivity index (χ3n) is 14.9. The average molecular weight is 1150 g/mol. The Kier molecular flexibility index (Phi) is 45.3. The normalized spacial score (nSPS) is 12.1. The number of alkyl carbamates (subject to hydrolysis) is 2. The second-order valence-electron chi connectivity index (χ2n) is 22.3. The van der Waals surface area contributed by atoms with E-state index in [0.29, 0.717) is 32.6 Å². The van der Waals surface area contributed by atoms with Crippen molar-refractivity contribution in [3.63, 3.8) is 0 Å². The van der Waals surface area contributed by atoms with E-state index in [-0.39, 0.29) is 74.1 Å². The largest absolute Gasteiger partial charge is 0.465 e. The van der Waals surface area contributed by atoms with Crippen molar-refractivity contribution in [2.75, 3.05) is 26.3 Å². The summed E-state index contributed by atoms with van der Waals surface area (Å²) in [5.74, 6) is -1.05. The summed E-state index contributed by atoms with van der Waals surface area (Å²) in [5, 5.41) is 10.9. The fourth-order valence-electron chi connectivity index (χ4n) is 9.81. The molecule has 0 fully saturated rings. The van der Waals surface area contributed by atoms with Gasteiger partial charge < -0.3 is 29.6 Å². The Morgan fingerprint density at radius 1 is 0.427 bits per heavy atom. The molecule has 0 heterocycles. The first-order valence-corrected chi connectivity index (χ1v) is 32.5. The zero-order valence-corrected chi connectivity index (χ0v) is 51.5. The molecule has 2 unspecified atom stereocenters. The highest BCUT2D eigenvalue weighted by Gasteiger charge is 2.23. The second-order valence-corrected chi connectivity index (χ2v) is 22.3. The Labute approximate surface area is 495 Å². The number of hydrogen-bond acceptors (Lipinski definition) is 11. The Morgan fingerprint density at radius 3 is 1.24 bits per heavy atom. The Bertz CT molecular complexity index is 1910. The number of guanidine groups is 1. The molecule has 15 heteroatoms. The molecule has 0 aliphatic heterocycles. The molecule has 4 N–H and O–H groups in total. The zero-order valence-electron chi connectivity index (χ0n) is 51.5. The number of unbranched alkanes of at least 4 members (excludes halogenated alkanes) is 23. The van der Waals surface area contributed by atoms with Crippen LogP contribution in [0.3, 0.4) is 0 Å². The number of carbonyl (C=O) groups excluding carboxylic acids is 6. The van der Waals surface area contributed by atoms with Gasteiger partial charge in [0.15, 0.2) is 0 Å². The Balaban J connectivity index is 1.99. The lowest BCUT2D eigenvalue weighted by Crippen LogP contribution is -2.48. The van der Waals surface area contributed by atoms with Gasteiger partial charge in [-0.2, -0.15) is 0 Å². The molecule has 2 aromatic rings. The van der Waals surface area contributed by atoms with Gasteiger partial charge in [0.25, 0.3) is 0 Å². The zero-order chi connectivity index (χ0) is 59.4. The van der Waals surface area contributed by atoms with Crippen LogP contribution in [0.2, 0.25) is 0 Å². The van der Waals surface area contributed by atoms with Gasteiger partial charge in [0.1, 0.15) is 19.3 Å². The van der Waals surface area contributed by atoms with E-state index < -0.39 is 18.2 Å². The number of carbonyl (C=O) groups is 6. The third-order valence-corrected chi connectivity index (χ3v) is 14.9. The number of aliphatic imine (C=N–C) groups is 1. The molecule has 0 radical (unpaired) electrons. The van der Waals surface area contributed by atoms with Gasteiger partial charge in [-0.3, -0.25) is 34.8 Å². The van der Waals surface area contributed by atoms with Gasteiger partial charge in [-0.1, -0.05) is 242 Å². The van der Waals surface area contributed by atoms with E-state index in [4.69, 9.17) is 18.9 Å². The highest BCUT2D eigenvalue weighted by molar-refractivity contribution is 6.01. The van der Waals surface area contributed by atoms with Crippen LogP contribution in [0.25, 0.3) is 0 Å². The lowest BCUT2D eigenvalue weighted by molar-refractivity contribution is -0.150. The second kappa shape index (κ2) is 51.2. The van der Waals surface area contributed by atoms with Crippen LogP contribution in [-0.4, -0.2) is 74.2 Å². The minimum atomic E-state index is -0.954. The van der Waals surface area contributed by atoms with Crippen molar-refractivity contribution in [1.29, 1.82) is 0 Å². The summed E-state index contributed by atoms with van der Waals surface area (Å²) in [6, 6.07) is 17.3. The highest BCUT2D eigenvalue weighted by atomic mass is 16.6. The molecule has 2 aromatic carbocycles. The van der Waals surface area contributed by atoms with E-state index >= 15 is 0 Å². The van der Waals surface area contributed by atoms with Gasteiger partial charge in [-0.15, -0.1) is 0 Å². The molecule has 3 atom stereocenters. The third kappa shape index (κ3) is 39.9. The van der Waals surface area contributed by atoms with E-state index in [1.807, 2.05) is 60.7 Å². The van der Waals surface area contributed by atoms with Gasteiger partial charge in [-0.25, -0.2) is 9.59 Å². The number of hydrogen-bond donors (Lipinski definition) is 4. The van der Waals surface area contributed by atoms with Gasteiger partial charge in [-0.05, 0) is 75.3 Å². The first kappa shape index (κ1) is 72.6. The maximum atomic E-state index is 13.8. The van der Waals surface area contributed by atoms with E-state index in [0.717, 1.165) is 133 Å². The molecule has 0 saturated heterocycles. The monoisotopic (exact) mass is 1150 g/mol. The van der Waals surface area contributed by atoms with Crippen LogP contribution in [-0.2, 0) is 51.3 Å². The summed E-state index contributed by atoms with van der Waals surface area (Å²) in [6.07, 6.45) is 32.8.